The molecule has 0 aromatic rings. The second-order valence-electron chi connectivity index (χ2n) is 2.06. The molecule has 0 heterocycles. The van der Waals surface area contributed by atoms with Gasteiger partial charge in [-0.25, -0.2) is 0 Å². The smallest absolute Gasteiger partial charge is 0.179 e. The normalized spacial score (nSPS) is 12.6. The molecule has 0 aliphatic rings. The fourth-order valence-corrected chi connectivity index (χ4v) is 0.712. The van der Waals surface area contributed by atoms with E-state index in [0.717, 1.165) is 0 Å². The van der Waals surface area contributed by atoms with E-state index in [1.807, 2.05) is 0 Å². The monoisotopic (exact) mass is 157 g/mol. The predicted octanol–water partition coefficient (Wildman–Crippen LogP) is 0.334. The van der Waals surface area contributed by atoms with Crippen LogP contribution in [0.25, 0.3) is 0 Å². The molecular weight excluding hydrogens is 146 g/mol. The Balaban J connectivity index is 4.24. The second-order valence-corrected chi connectivity index (χ2v) is 2.06. The van der Waals surface area contributed by atoms with Crippen LogP contribution < -0.4 is 0 Å². The molecule has 0 rings (SSSR count). The Hall–Kier alpha value is -0.920. The summed E-state index contributed by atoms with van der Waals surface area (Å²) in [6.07, 6.45) is -0.752. The van der Waals surface area contributed by atoms with Gasteiger partial charge in [0.05, 0.1) is 6.07 Å². The van der Waals surface area contributed by atoms with Crippen molar-refractivity contribution in [3.05, 3.63) is 0 Å². The van der Waals surface area contributed by atoms with Crippen LogP contribution in [0.15, 0.2) is 0 Å². The SMILES string of the molecule is COC(OC)C(C#N)C(C)=O. The summed E-state index contributed by atoms with van der Waals surface area (Å²) in [4.78, 5) is 10.8. The lowest BCUT2D eigenvalue weighted by Crippen LogP contribution is -2.28. The average molecular weight is 157 g/mol. The minimum absolute atomic E-state index is 0.249. The van der Waals surface area contributed by atoms with Gasteiger partial charge in [0.25, 0.3) is 0 Å². The number of nitriles is 1. The van der Waals surface area contributed by atoms with Gasteiger partial charge in [-0.3, -0.25) is 4.79 Å². The maximum Gasteiger partial charge on any atom is 0.179 e. The van der Waals surface area contributed by atoms with Crippen molar-refractivity contribution in [2.45, 2.75) is 13.2 Å². The molecule has 1 atom stereocenters. The third-order valence-corrected chi connectivity index (χ3v) is 1.31. The summed E-state index contributed by atoms with van der Waals surface area (Å²) in [6, 6.07) is 1.80. The van der Waals surface area contributed by atoms with Gasteiger partial charge in [0.15, 0.2) is 18.0 Å². The molecule has 0 aromatic heterocycles. The maximum atomic E-state index is 10.8. The van der Waals surface area contributed by atoms with E-state index in [1.165, 1.54) is 21.1 Å². The number of nitrogens with zero attached hydrogens (tertiary/aromatic N) is 1. The Morgan fingerprint density at radius 2 is 1.91 bits per heavy atom. The molecule has 62 valence electrons. The predicted molar refractivity (Wildman–Crippen MR) is 37.6 cm³/mol. The van der Waals surface area contributed by atoms with E-state index in [2.05, 4.69) is 0 Å². The number of methoxy groups -OCH3 is 2. The van der Waals surface area contributed by atoms with Gasteiger partial charge in [-0.05, 0) is 6.92 Å². The average Bonchev–Trinajstić information content (AvgIpc) is 1.99. The fourth-order valence-electron chi connectivity index (χ4n) is 0.712. The molecule has 4 nitrogen and oxygen atoms in total. The third kappa shape index (κ3) is 2.66. The minimum atomic E-state index is -0.829. The minimum Gasteiger partial charge on any atom is -0.354 e. The largest absolute Gasteiger partial charge is 0.354 e. The highest BCUT2D eigenvalue weighted by molar-refractivity contribution is 5.81. The lowest BCUT2D eigenvalue weighted by atomic mass is 10.1. The molecule has 0 N–H and O–H groups in total. The van der Waals surface area contributed by atoms with Crippen LogP contribution >= 0.6 is 0 Å². The first-order chi connectivity index (χ1) is 5.17. The van der Waals surface area contributed by atoms with Crippen molar-refractivity contribution in [3.8, 4) is 6.07 Å². The highest BCUT2D eigenvalue weighted by atomic mass is 16.7. The van der Waals surface area contributed by atoms with Crippen molar-refractivity contribution in [2.75, 3.05) is 14.2 Å². The molecule has 0 radical (unpaired) electrons. The lowest BCUT2D eigenvalue weighted by molar-refractivity contribution is -0.146. The number of hydrogen-bond donors (Lipinski definition) is 0. The quantitative estimate of drug-likeness (QED) is 0.552. The van der Waals surface area contributed by atoms with Crippen molar-refractivity contribution in [1.82, 2.24) is 0 Å². The van der Waals surface area contributed by atoms with Crippen molar-refractivity contribution in [3.63, 3.8) is 0 Å². The van der Waals surface area contributed by atoms with Crippen LogP contribution in [-0.4, -0.2) is 26.3 Å². The number of carbonyl (C=O) groups is 1. The summed E-state index contributed by atoms with van der Waals surface area (Å²) < 4.78 is 9.50. The van der Waals surface area contributed by atoms with Gasteiger partial charge >= 0.3 is 0 Å². The van der Waals surface area contributed by atoms with E-state index in [-0.39, 0.29) is 5.78 Å². The zero-order chi connectivity index (χ0) is 8.85. The molecule has 0 saturated carbocycles. The van der Waals surface area contributed by atoms with Crippen LogP contribution in [0.2, 0.25) is 0 Å². The molecule has 0 aliphatic carbocycles. The van der Waals surface area contributed by atoms with Gasteiger partial charge in [0, 0.05) is 14.2 Å². The zero-order valence-corrected chi connectivity index (χ0v) is 6.83. The Morgan fingerprint density at radius 1 is 1.45 bits per heavy atom. The number of rotatable bonds is 4. The number of ketones is 1. The van der Waals surface area contributed by atoms with E-state index >= 15 is 0 Å². The number of ether oxygens (including phenoxy) is 2. The number of carbonyl (C=O) groups excluding carboxylic acids is 1. The van der Waals surface area contributed by atoms with Crippen molar-refractivity contribution in [2.24, 2.45) is 5.92 Å². The summed E-state index contributed by atoms with van der Waals surface area (Å²) in [7, 11) is 2.78. The van der Waals surface area contributed by atoms with E-state index in [0.29, 0.717) is 0 Å². The van der Waals surface area contributed by atoms with Crippen LogP contribution in [0.3, 0.4) is 0 Å². The molecule has 4 heteroatoms. The molecule has 0 aromatic carbocycles. The Labute approximate surface area is 65.7 Å². The molecule has 1 unspecified atom stereocenters. The van der Waals surface area contributed by atoms with Gasteiger partial charge in [0.2, 0.25) is 0 Å². The maximum absolute atomic E-state index is 10.8. The summed E-state index contributed by atoms with van der Waals surface area (Å²) in [5.74, 6) is -1.08. The first-order valence-electron chi connectivity index (χ1n) is 3.13. The lowest BCUT2D eigenvalue weighted by Gasteiger charge is -2.15. The van der Waals surface area contributed by atoms with E-state index in [4.69, 9.17) is 14.7 Å². The van der Waals surface area contributed by atoms with Gasteiger partial charge in [-0.1, -0.05) is 0 Å². The van der Waals surface area contributed by atoms with Crippen LogP contribution in [0.5, 0.6) is 0 Å². The van der Waals surface area contributed by atoms with Crippen LogP contribution in [0.4, 0.5) is 0 Å². The Morgan fingerprint density at radius 3 is 2.00 bits per heavy atom. The molecule has 0 aliphatic heterocycles. The molecular formula is C7H11NO3. The summed E-state index contributed by atoms with van der Waals surface area (Å²) in [5.41, 5.74) is 0. The Kier molecular flexibility index (Phi) is 4.42. The molecule has 0 bridgehead atoms. The van der Waals surface area contributed by atoms with Crippen LogP contribution in [0.1, 0.15) is 6.92 Å². The molecule has 0 amide bonds. The van der Waals surface area contributed by atoms with Crippen molar-refractivity contribution >= 4 is 5.78 Å². The van der Waals surface area contributed by atoms with Gasteiger partial charge in [0.1, 0.15) is 0 Å². The summed E-state index contributed by atoms with van der Waals surface area (Å²) in [6.45, 7) is 1.33. The zero-order valence-electron chi connectivity index (χ0n) is 6.83. The summed E-state index contributed by atoms with van der Waals surface area (Å²) in [5, 5.41) is 8.50. The third-order valence-electron chi connectivity index (χ3n) is 1.31. The van der Waals surface area contributed by atoms with Crippen molar-refractivity contribution in [1.29, 1.82) is 5.26 Å². The molecule has 0 fully saturated rings. The first kappa shape index (κ1) is 10.1. The Bertz CT molecular complexity index is 169. The fraction of sp³-hybridized carbons (Fsp3) is 0.714. The first-order valence-corrected chi connectivity index (χ1v) is 3.13. The van der Waals surface area contributed by atoms with Crippen molar-refractivity contribution < 1.29 is 14.3 Å². The molecule has 11 heavy (non-hydrogen) atoms. The highest BCUT2D eigenvalue weighted by Gasteiger charge is 2.24. The van der Waals surface area contributed by atoms with E-state index < -0.39 is 12.2 Å². The highest BCUT2D eigenvalue weighted by Crippen LogP contribution is 2.07. The van der Waals surface area contributed by atoms with Crippen LogP contribution in [0, 0.1) is 17.2 Å². The molecule has 0 saturated heterocycles. The molecule has 0 spiro atoms. The standard InChI is InChI=1S/C7H11NO3/c1-5(9)6(4-8)7(10-2)11-3/h6-7H,1-3H3. The number of hydrogen-bond acceptors (Lipinski definition) is 4. The van der Waals surface area contributed by atoms with E-state index in [9.17, 15) is 4.79 Å². The van der Waals surface area contributed by atoms with E-state index in [1.54, 1.807) is 6.07 Å². The number of Topliss-reactive ketones (excluding diaryl/α,β-unsaturated/α-hetero) is 1. The summed E-state index contributed by atoms with van der Waals surface area (Å²) >= 11 is 0. The topological polar surface area (TPSA) is 59.3 Å². The second kappa shape index (κ2) is 4.83. The van der Waals surface area contributed by atoms with Gasteiger partial charge < -0.3 is 9.47 Å². The van der Waals surface area contributed by atoms with Crippen LogP contribution in [-0.2, 0) is 14.3 Å². The van der Waals surface area contributed by atoms with Gasteiger partial charge in [-0.15, -0.1) is 0 Å². The van der Waals surface area contributed by atoms with Gasteiger partial charge in [-0.2, -0.15) is 5.26 Å².